The highest BCUT2D eigenvalue weighted by molar-refractivity contribution is 6.01. The molecule has 8 nitrogen and oxygen atoms in total. The van der Waals surface area contributed by atoms with Crippen molar-refractivity contribution in [2.75, 3.05) is 37.6 Å². The molecule has 0 spiro atoms. The Labute approximate surface area is 257 Å². The van der Waals surface area contributed by atoms with Crippen molar-refractivity contribution in [2.45, 2.75) is 69.2 Å². The Morgan fingerprint density at radius 3 is 2.89 bits per heavy atom. The third-order valence-corrected chi connectivity index (χ3v) is 9.83. The minimum atomic E-state index is -2.51. The number of phenols is 1. The fourth-order valence-corrected chi connectivity index (χ4v) is 7.71. The monoisotopic (exact) mass is 607 g/mol. The van der Waals surface area contributed by atoms with Crippen molar-refractivity contribution in [1.29, 1.82) is 0 Å². The predicted molar refractivity (Wildman–Crippen MR) is 162 cm³/mol. The Bertz CT molecular complexity index is 1920. The number of piperazine rings is 1. The zero-order valence-corrected chi connectivity index (χ0v) is 24.3. The standard InChI is InChI=1S/C33H35F3N6O2/c1-2-23-26(35)7-4-18-10-22(43)11-24(27(18)23)29-28(36)30-25(14-38-29)31(42-16-20-5-6-21(42)13-37-20)40-32(39-30)44-17-33-8-3-9-41(33)15-19(34)12-33/h4,7,10-11,14,19-21,37,43H,2-3,5-6,8-9,12-13,15-17H2,1H3/t19-,20?,21?,33+/m1/s1/i17D2,19D. The molecular formula is C33H35F3N6O2. The number of nitrogens with zero attached hydrogens (tertiary/aromatic N) is 5. The Kier molecular flexibility index (Phi) is 5.84. The van der Waals surface area contributed by atoms with Gasteiger partial charge >= 0.3 is 6.01 Å². The van der Waals surface area contributed by atoms with Gasteiger partial charge < -0.3 is 20.1 Å². The number of benzene rings is 2. The number of piperidine rings is 2. The first-order valence-electron chi connectivity index (χ1n) is 16.8. The van der Waals surface area contributed by atoms with Crippen LogP contribution in [0, 0.1) is 11.6 Å². The van der Waals surface area contributed by atoms with E-state index >= 15 is 4.39 Å². The molecule has 2 aromatic heterocycles. The number of aryl methyl sites for hydroxylation is 1. The molecule has 2 bridgehead atoms. The van der Waals surface area contributed by atoms with Gasteiger partial charge in [-0.05, 0) is 73.2 Å². The van der Waals surface area contributed by atoms with Crippen LogP contribution in [0.3, 0.4) is 0 Å². The lowest BCUT2D eigenvalue weighted by Gasteiger charge is -2.46. The van der Waals surface area contributed by atoms with Crippen molar-refractivity contribution in [1.82, 2.24) is 25.2 Å². The van der Waals surface area contributed by atoms with Gasteiger partial charge in [-0.3, -0.25) is 9.88 Å². The quantitative estimate of drug-likeness (QED) is 0.306. The van der Waals surface area contributed by atoms with E-state index < -0.39 is 35.9 Å². The Morgan fingerprint density at radius 2 is 2.11 bits per heavy atom. The molecule has 7 heterocycles. The Hall–Kier alpha value is -3.70. The predicted octanol–water partition coefficient (Wildman–Crippen LogP) is 5.29. The van der Waals surface area contributed by atoms with Crippen LogP contribution in [0.5, 0.6) is 11.8 Å². The van der Waals surface area contributed by atoms with E-state index in [4.69, 9.17) is 8.85 Å². The second-order valence-corrected chi connectivity index (χ2v) is 12.4. The van der Waals surface area contributed by atoms with Crippen LogP contribution in [0.15, 0.2) is 30.5 Å². The molecule has 0 amide bonds. The van der Waals surface area contributed by atoms with Gasteiger partial charge in [-0.15, -0.1) is 0 Å². The van der Waals surface area contributed by atoms with Gasteiger partial charge in [0, 0.05) is 49.9 Å². The summed E-state index contributed by atoms with van der Waals surface area (Å²) in [5, 5.41) is 15.3. The minimum absolute atomic E-state index is 0.0461. The van der Waals surface area contributed by atoms with Crippen molar-refractivity contribution in [3.05, 3.63) is 47.7 Å². The molecule has 0 radical (unpaired) electrons. The maximum absolute atomic E-state index is 16.9. The summed E-state index contributed by atoms with van der Waals surface area (Å²) in [5.41, 5.74) is -1.19. The summed E-state index contributed by atoms with van der Waals surface area (Å²) in [7, 11) is 0. The number of aromatic nitrogens is 3. The van der Waals surface area contributed by atoms with Gasteiger partial charge in [0.05, 0.1) is 15.0 Å². The summed E-state index contributed by atoms with van der Waals surface area (Å²) in [5.74, 6) is -1.11. The zero-order valence-electron chi connectivity index (χ0n) is 27.3. The number of fused-ring (bicyclic) bond motifs is 6. The maximum atomic E-state index is 16.9. The first-order chi connectivity index (χ1) is 22.4. The van der Waals surface area contributed by atoms with E-state index in [1.165, 1.54) is 30.5 Å². The zero-order chi connectivity index (χ0) is 32.9. The van der Waals surface area contributed by atoms with Gasteiger partial charge in [-0.1, -0.05) is 13.0 Å². The average molecular weight is 608 g/mol. The van der Waals surface area contributed by atoms with Crippen LogP contribution < -0.4 is 15.0 Å². The summed E-state index contributed by atoms with van der Waals surface area (Å²) >= 11 is 0. The molecule has 4 aromatic rings. The number of rotatable bonds is 6. The first kappa shape index (κ1) is 24.6. The Balaban J connectivity index is 1.31. The van der Waals surface area contributed by atoms with Crippen LogP contribution in [0.1, 0.15) is 48.7 Å². The van der Waals surface area contributed by atoms with Crippen LogP contribution in [-0.4, -0.2) is 81.5 Å². The second kappa shape index (κ2) is 10.4. The number of alkyl halides is 1. The normalized spacial score (nSPS) is 29.6. The summed E-state index contributed by atoms with van der Waals surface area (Å²) in [4.78, 5) is 17.3. The summed E-state index contributed by atoms with van der Waals surface area (Å²) in [6.45, 7) is 0.771. The molecule has 2 aromatic carbocycles. The molecule has 4 atom stereocenters. The van der Waals surface area contributed by atoms with Crippen molar-refractivity contribution in [2.24, 2.45) is 0 Å². The lowest BCUT2D eigenvalue weighted by Crippen LogP contribution is -2.61. The highest BCUT2D eigenvalue weighted by atomic mass is 19.1. The van der Waals surface area contributed by atoms with E-state index in [1.807, 2.05) is 0 Å². The van der Waals surface area contributed by atoms with Crippen LogP contribution in [0.2, 0.25) is 0 Å². The van der Waals surface area contributed by atoms with Crippen LogP contribution in [0.25, 0.3) is 32.9 Å². The highest BCUT2D eigenvalue weighted by Crippen LogP contribution is 2.42. The lowest BCUT2D eigenvalue weighted by molar-refractivity contribution is 0.107. The van der Waals surface area contributed by atoms with E-state index in [-0.39, 0.29) is 54.0 Å². The van der Waals surface area contributed by atoms with Crippen LogP contribution in [0.4, 0.5) is 19.0 Å². The fraction of sp³-hybridized carbons (Fsp3) is 0.485. The van der Waals surface area contributed by atoms with E-state index in [0.717, 1.165) is 12.8 Å². The van der Waals surface area contributed by atoms with E-state index in [9.17, 15) is 13.9 Å². The van der Waals surface area contributed by atoms with Gasteiger partial charge in [0.25, 0.3) is 0 Å². The van der Waals surface area contributed by atoms with E-state index in [2.05, 4.69) is 25.2 Å². The van der Waals surface area contributed by atoms with Crippen molar-refractivity contribution in [3.63, 3.8) is 0 Å². The molecular weight excluding hydrogens is 569 g/mol. The number of phenolic OH excluding ortho intramolecular Hbond substituents is 1. The third kappa shape index (κ3) is 4.38. The molecule has 2 unspecified atom stereocenters. The fourth-order valence-electron chi connectivity index (χ4n) is 7.71. The molecule has 11 heteroatoms. The molecule has 9 rings (SSSR count). The molecule has 2 N–H and O–H groups in total. The summed E-state index contributed by atoms with van der Waals surface area (Å²) in [6.07, 6.45) is 1.84. The largest absolute Gasteiger partial charge is 0.508 e. The molecule has 44 heavy (non-hydrogen) atoms. The number of hydrogen-bond donors (Lipinski definition) is 2. The topological polar surface area (TPSA) is 86.6 Å². The van der Waals surface area contributed by atoms with Crippen LogP contribution in [-0.2, 0) is 6.42 Å². The molecule has 0 aliphatic carbocycles. The second-order valence-electron chi connectivity index (χ2n) is 12.4. The van der Waals surface area contributed by atoms with Gasteiger partial charge in [-0.25, -0.2) is 13.2 Å². The molecule has 230 valence electrons. The number of aromatic hydroxyl groups is 1. The summed E-state index contributed by atoms with van der Waals surface area (Å²) in [6, 6.07) is 5.51. The lowest BCUT2D eigenvalue weighted by atomic mass is 9.92. The highest BCUT2D eigenvalue weighted by Gasteiger charge is 2.49. The number of hydrogen-bond acceptors (Lipinski definition) is 8. The van der Waals surface area contributed by atoms with Gasteiger partial charge in [0.1, 0.15) is 41.3 Å². The summed E-state index contributed by atoms with van der Waals surface area (Å²) < 4.78 is 79.0. The number of ether oxygens (including phenoxy) is 1. The van der Waals surface area contributed by atoms with E-state index in [1.54, 1.807) is 11.8 Å². The number of halogens is 3. The molecule has 0 saturated carbocycles. The molecule has 5 aliphatic rings. The molecule has 5 fully saturated rings. The third-order valence-electron chi connectivity index (χ3n) is 9.83. The molecule has 5 aliphatic heterocycles. The average Bonchev–Trinajstić information content (AvgIpc) is 3.55. The molecule has 5 saturated heterocycles. The Morgan fingerprint density at radius 1 is 1.23 bits per heavy atom. The van der Waals surface area contributed by atoms with Gasteiger partial charge in [0.2, 0.25) is 0 Å². The number of pyridine rings is 1. The van der Waals surface area contributed by atoms with E-state index in [0.29, 0.717) is 60.0 Å². The number of nitrogens with one attached hydrogen (secondary N) is 1. The first-order valence-corrected chi connectivity index (χ1v) is 15.3. The van der Waals surface area contributed by atoms with Crippen molar-refractivity contribution >= 4 is 27.5 Å². The van der Waals surface area contributed by atoms with Crippen molar-refractivity contribution in [3.8, 4) is 23.0 Å². The number of anilines is 1. The maximum Gasteiger partial charge on any atom is 0.319 e. The smallest absolute Gasteiger partial charge is 0.319 e. The minimum Gasteiger partial charge on any atom is -0.508 e. The van der Waals surface area contributed by atoms with Crippen molar-refractivity contribution < 1.29 is 27.1 Å². The van der Waals surface area contributed by atoms with Crippen LogP contribution >= 0.6 is 0 Å². The SMILES string of the molecule is [2H]C([2H])(Oc1nc(N2CC3CCC2CN3)c2cnc(-c3cc(O)cc4ccc(F)c(CC)c34)c(F)c2n1)[C@@]12CCCN1C[C@]([2H])(F)C2. The van der Waals surface area contributed by atoms with Gasteiger partial charge in [-0.2, -0.15) is 9.97 Å². The van der Waals surface area contributed by atoms with Gasteiger partial charge in [0.15, 0.2) is 5.82 Å².